The minimum Gasteiger partial charge on any atom is -0.469 e. The van der Waals surface area contributed by atoms with Gasteiger partial charge >= 0.3 is 6.18 Å². The number of hydrogen-bond acceptors (Lipinski definition) is 2. The largest absolute Gasteiger partial charge is 0.469 e. The Morgan fingerprint density at radius 2 is 2.20 bits per heavy atom. The molecule has 2 nitrogen and oxygen atoms in total. The van der Waals surface area contributed by atoms with Gasteiger partial charge in [-0.1, -0.05) is 0 Å². The van der Waals surface area contributed by atoms with Gasteiger partial charge in [0.15, 0.2) is 0 Å². The van der Waals surface area contributed by atoms with Crippen molar-refractivity contribution in [1.82, 2.24) is 5.32 Å². The van der Waals surface area contributed by atoms with E-state index in [-0.39, 0.29) is 0 Å². The van der Waals surface area contributed by atoms with Gasteiger partial charge in [-0.05, 0) is 31.6 Å². The van der Waals surface area contributed by atoms with Gasteiger partial charge in [-0.2, -0.15) is 13.2 Å². The Balaban J connectivity index is 2.51. The van der Waals surface area contributed by atoms with Gasteiger partial charge in [-0.15, -0.1) is 0 Å². The van der Waals surface area contributed by atoms with Crippen LogP contribution in [0.25, 0.3) is 0 Å². The van der Waals surface area contributed by atoms with E-state index >= 15 is 0 Å². The molecule has 0 fully saturated rings. The lowest BCUT2D eigenvalue weighted by atomic mass is 9.99. The van der Waals surface area contributed by atoms with Crippen molar-refractivity contribution < 1.29 is 17.6 Å². The molecule has 0 amide bonds. The Labute approximate surface area is 86.5 Å². The third-order valence-electron chi connectivity index (χ3n) is 2.08. The van der Waals surface area contributed by atoms with Crippen molar-refractivity contribution in [2.45, 2.75) is 19.0 Å². The first-order chi connectivity index (χ1) is 7.01. The van der Waals surface area contributed by atoms with Crippen LogP contribution in [0.5, 0.6) is 0 Å². The average Bonchev–Trinajstić information content (AvgIpc) is 2.54. The van der Waals surface area contributed by atoms with Crippen LogP contribution in [-0.4, -0.2) is 19.8 Å². The number of halogens is 3. The second-order valence-electron chi connectivity index (χ2n) is 3.53. The van der Waals surface area contributed by atoms with Gasteiger partial charge in [-0.25, -0.2) is 0 Å². The molecule has 0 aliphatic heterocycles. The van der Waals surface area contributed by atoms with E-state index in [0.717, 1.165) is 0 Å². The van der Waals surface area contributed by atoms with Crippen molar-refractivity contribution in [2.75, 3.05) is 13.6 Å². The molecule has 1 N–H and O–H groups in total. The summed E-state index contributed by atoms with van der Waals surface area (Å²) in [6.07, 6.45) is -3.12. The van der Waals surface area contributed by atoms with Crippen molar-refractivity contribution in [1.29, 1.82) is 0 Å². The third-order valence-corrected chi connectivity index (χ3v) is 2.08. The molecule has 0 aliphatic rings. The van der Waals surface area contributed by atoms with Gasteiger partial charge < -0.3 is 9.73 Å². The van der Waals surface area contributed by atoms with Gasteiger partial charge in [-0.3, -0.25) is 0 Å². The van der Waals surface area contributed by atoms with Crippen LogP contribution in [0.3, 0.4) is 0 Å². The average molecular weight is 221 g/mol. The lowest BCUT2D eigenvalue weighted by Crippen LogP contribution is -2.26. The molecule has 15 heavy (non-hydrogen) atoms. The molecular formula is C10H14F3NO. The summed E-state index contributed by atoms with van der Waals surface area (Å²) in [5.74, 6) is 0.126. The molecule has 5 heteroatoms. The topological polar surface area (TPSA) is 25.2 Å². The summed E-state index contributed by atoms with van der Waals surface area (Å²) < 4.78 is 41.6. The van der Waals surface area contributed by atoms with Crippen LogP contribution in [0.15, 0.2) is 22.8 Å². The summed E-state index contributed by atoms with van der Waals surface area (Å²) in [5, 5.41) is 2.76. The molecule has 1 aromatic heterocycles. The van der Waals surface area contributed by atoms with Crippen LogP contribution in [0, 0.1) is 5.92 Å². The predicted molar refractivity (Wildman–Crippen MR) is 50.5 cm³/mol. The zero-order valence-electron chi connectivity index (χ0n) is 8.47. The maximum Gasteiger partial charge on any atom is 0.389 e. The van der Waals surface area contributed by atoms with Crippen molar-refractivity contribution in [3.05, 3.63) is 24.2 Å². The lowest BCUT2D eigenvalue weighted by Gasteiger charge is -2.16. The fourth-order valence-corrected chi connectivity index (χ4v) is 1.55. The summed E-state index contributed by atoms with van der Waals surface area (Å²) in [6, 6.07) is 3.37. The maximum atomic E-state index is 12.2. The number of rotatable bonds is 5. The van der Waals surface area contributed by atoms with E-state index in [2.05, 4.69) is 5.32 Å². The number of hydrogen-bond donors (Lipinski definition) is 1. The predicted octanol–water partition coefficient (Wildman–Crippen LogP) is 2.61. The van der Waals surface area contributed by atoms with Crippen LogP contribution in [0.1, 0.15) is 12.2 Å². The van der Waals surface area contributed by atoms with E-state index in [1.165, 1.54) is 6.26 Å². The minimum absolute atomic E-state index is 0.313. The van der Waals surface area contributed by atoms with Crippen molar-refractivity contribution in [3.8, 4) is 0 Å². The van der Waals surface area contributed by atoms with Crippen LogP contribution in [0.4, 0.5) is 13.2 Å². The number of nitrogens with one attached hydrogen (secondary N) is 1. The SMILES string of the molecule is CNC[C@H](Cc1ccco1)CC(F)(F)F. The van der Waals surface area contributed by atoms with Gasteiger partial charge in [0.25, 0.3) is 0 Å². The van der Waals surface area contributed by atoms with Crippen LogP contribution >= 0.6 is 0 Å². The number of alkyl halides is 3. The molecule has 1 aromatic rings. The summed E-state index contributed by atoms with van der Waals surface area (Å²) in [5.41, 5.74) is 0. The lowest BCUT2D eigenvalue weighted by molar-refractivity contribution is -0.144. The zero-order valence-corrected chi connectivity index (χ0v) is 8.47. The Kier molecular flexibility index (Phi) is 4.20. The van der Waals surface area contributed by atoms with E-state index < -0.39 is 18.5 Å². The van der Waals surface area contributed by atoms with E-state index in [1.54, 1.807) is 19.2 Å². The molecule has 0 spiro atoms. The monoisotopic (exact) mass is 221 g/mol. The van der Waals surface area contributed by atoms with Gasteiger partial charge in [0.1, 0.15) is 5.76 Å². The molecule has 1 heterocycles. The molecule has 0 bridgehead atoms. The molecular weight excluding hydrogens is 207 g/mol. The molecule has 0 radical (unpaired) electrons. The van der Waals surface area contributed by atoms with Gasteiger partial charge in [0, 0.05) is 12.8 Å². The quantitative estimate of drug-likeness (QED) is 0.826. The molecule has 0 aliphatic carbocycles. The standard InChI is InChI=1S/C10H14F3NO/c1-14-7-8(6-10(11,12)13)5-9-3-2-4-15-9/h2-4,8,14H,5-7H2,1H3/t8-/m1/s1. The minimum atomic E-state index is -4.12. The molecule has 0 aromatic carbocycles. The second-order valence-corrected chi connectivity index (χ2v) is 3.53. The zero-order chi connectivity index (χ0) is 11.3. The molecule has 1 atom stereocenters. The van der Waals surface area contributed by atoms with E-state index in [0.29, 0.717) is 18.7 Å². The molecule has 1 rings (SSSR count). The Morgan fingerprint density at radius 1 is 1.47 bits per heavy atom. The first-order valence-corrected chi connectivity index (χ1v) is 4.75. The Bertz CT molecular complexity index is 269. The van der Waals surface area contributed by atoms with E-state index in [9.17, 15) is 13.2 Å². The van der Waals surface area contributed by atoms with Crippen LogP contribution in [-0.2, 0) is 6.42 Å². The fraction of sp³-hybridized carbons (Fsp3) is 0.600. The first-order valence-electron chi connectivity index (χ1n) is 4.75. The maximum absolute atomic E-state index is 12.2. The highest BCUT2D eigenvalue weighted by atomic mass is 19.4. The van der Waals surface area contributed by atoms with Gasteiger partial charge in [0.2, 0.25) is 0 Å². The fourth-order valence-electron chi connectivity index (χ4n) is 1.55. The third kappa shape index (κ3) is 4.88. The van der Waals surface area contributed by atoms with Crippen molar-refractivity contribution >= 4 is 0 Å². The molecule has 0 unspecified atom stereocenters. The molecule has 86 valence electrons. The normalized spacial score (nSPS) is 14.1. The highest BCUT2D eigenvalue weighted by molar-refractivity contribution is 4.99. The highest BCUT2D eigenvalue weighted by Gasteiger charge is 2.31. The van der Waals surface area contributed by atoms with Gasteiger partial charge in [0.05, 0.1) is 6.26 Å². The summed E-state index contributed by atoms with van der Waals surface area (Å²) in [6.45, 7) is 0.334. The summed E-state index contributed by atoms with van der Waals surface area (Å²) >= 11 is 0. The van der Waals surface area contributed by atoms with E-state index in [1.807, 2.05) is 0 Å². The smallest absolute Gasteiger partial charge is 0.389 e. The second kappa shape index (κ2) is 5.21. The van der Waals surface area contributed by atoms with Crippen molar-refractivity contribution in [2.24, 2.45) is 5.92 Å². The van der Waals surface area contributed by atoms with Crippen LogP contribution in [0.2, 0.25) is 0 Å². The Morgan fingerprint density at radius 3 is 2.67 bits per heavy atom. The number of furan rings is 1. The summed E-state index contributed by atoms with van der Waals surface area (Å²) in [4.78, 5) is 0. The molecule has 0 saturated heterocycles. The summed E-state index contributed by atoms with van der Waals surface area (Å²) in [7, 11) is 1.64. The first kappa shape index (κ1) is 12.1. The Hall–Kier alpha value is -0.970. The molecule has 0 saturated carbocycles. The van der Waals surface area contributed by atoms with Crippen LogP contribution < -0.4 is 5.32 Å². The highest BCUT2D eigenvalue weighted by Crippen LogP contribution is 2.26. The van der Waals surface area contributed by atoms with Crippen molar-refractivity contribution in [3.63, 3.8) is 0 Å². The van der Waals surface area contributed by atoms with E-state index in [4.69, 9.17) is 4.42 Å².